The molecule has 1 unspecified atom stereocenters. The Kier molecular flexibility index (Phi) is 7.92. The van der Waals surface area contributed by atoms with Gasteiger partial charge in [0.1, 0.15) is 0 Å². The molecule has 112 valence electrons. The normalized spacial score (nSPS) is 21.9. The zero-order chi connectivity index (χ0) is 14.8. The second-order valence-electron chi connectivity index (χ2n) is 4.62. The van der Waals surface area contributed by atoms with Gasteiger partial charge in [-0.05, 0) is 38.0 Å². The van der Waals surface area contributed by atoms with Crippen molar-refractivity contribution in [3.05, 3.63) is 35.5 Å². The molecule has 1 aliphatic rings. The summed E-state index contributed by atoms with van der Waals surface area (Å²) in [7, 11) is 1.40. The van der Waals surface area contributed by atoms with Gasteiger partial charge in [-0.25, -0.2) is 4.79 Å². The lowest BCUT2D eigenvalue weighted by atomic mass is 10.0. The van der Waals surface area contributed by atoms with Crippen LogP contribution < -0.4 is 5.32 Å². The lowest BCUT2D eigenvalue weighted by Gasteiger charge is -2.17. The average Bonchev–Trinajstić information content (AvgIpc) is 2.74. The van der Waals surface area contributed by atoms with E-state index >= 15 is 0 Å². The lowest BCUT2D eigenvalue weighted by molar-refractivity contribution is -0.135. The maximum atomic E-state index is 11.8. The number of allylic oxidation sites excluding steroid dienone is 2. The number of methoxy groups -OCH3 is 1. The predicted molar refractivity (Wildman–Crippen MR) is 80.5 cm³/mol. The molecule has 20 heavy (non-hydrogen) atoms. The minimum Gasteiger partial charge on any atom is -0.465 e. The first-order valence-corrected chi connectivity index (χ1v) is 7.18. The average molecular weight is 279 g/mol. The number of rotatable bonds is 5. The number of carbonyl (C=O) groups is 1. The Hall–Kier alpha value is -1.39. The van der Waals surface area contributed by atoms with Gasteiger partial charge in [-0.2, -0.15) is 0 Å². The zero-order valence-corrected chi connectivity index (χ0v) is 12.6. The van der Waals surface area contributed by atoms with Crippen LogP contribution in [0.1, 0.15) is 26.7 Å². The molecular weight excluding hydrogens is 254 g/mol. The number of hydrogen-bond donors (Lipinski definition) is 1. The van der Waals surface area contributed by atoms with E-state index in [0.29, 0.717) is 5.57 Å². The van der Waals surface area contributed by atoms with Crippen LogP contribution in [0.25, 0.3) is 0 Å². The van der Waals surface area contributed by atoms with Crippen LogP contribution in [0.3, 0.4) is 0 Å². The summed E-state index contributed by atoms with van der Waals surface area (Å²) >= 11 is 0. The van der Waals surface area contributed by atoms with E-state index in [0.717, 1.165) is 38.1 Å². The van der Waals surface area contributed by atoms with Crippen LogP contribution in [0.2, 0.25) is 0 Å². The van der Waals surface area contributed by atoms with Gasteiger partial charge in [-0.15, -0.1) is 0 Å². The van der Waals surface area contributed by atoms with Gasteiger partial charge in [-0.3, -0.25) is 0 Å². The van der Waals surface area contributed by atoms with Gasteiger partial charge in [0.05, 0.1) is 18.8 Å². The van der Waals surface area contributed by atoms with Crippen molar-refractivity contribution in [1.29, 1.82) is 0 Å². The molecule has 1 N–H and O–H groups in total. The summed E-state index contributed by atoms with van der Waals surface area (Å²) in [5, 5.41) is 3.36. The smallest absolute Gasteiger partial charge is 0.337 e. The predicted octanol–water partition coefficient (Wildman–Crippen LogP) is 2.38. The van der Waals surface area contributed by atoms with Crippen molar-refractivity contribution in [3.63, 3.8) is 0 Å². The summed E-state index contributed by atoms with van der Waals surface area (Å²) in [6.45, 7) is 6.43. The van der Waals surface area contributed by atoms with Crippen molar-refractivity contribution >= 4 is 5.97 Å². The molecule has 1 atom stereocenters. The second-order valence-corrected chi connectivity index (χ2v) is 4.62. The summed E-state index contributed by atoms with van der Waals surface area (Å²) in [6.07, 6.45) is 9.46. The molecule has 0 spiro atoms. The third kappa shape index (κ3) is 5.31. The molecule has 0 aliphatic carbocycles. The molecule has 1 rings (SSSR count). The van der Waals surface area contributed by atoms with Gasteiger partial charge in [0, 0.05) is 13.2 Å². The van der Waals surface area contributed by atoms with Crippen molar-refractivity contribution in [2.45, 2.75) is 32.8 Å². The van der Waals surface area contributed by atoms with Crippen molar-refractivity contribution in [2.75, 3.05) is 26.8 Å². The number of esters is 1. The Morgan fingerprint density at radius 3 is 2.95 bits per heavy atom. The highest BCUT2D eigenvalue weighted by Gasteiger charge is 2.17. The Morgan fingerprint density at radius 2 is 2.30 bits per heavy atom. The highest BCUT2D eigenvalue weighted by Crippen LogP contribution is 2.15. The first-order valence-electron chi connectivity index (χ1n) is 7.18. The van der Waals surface area contributed by atoms with E-state index in [1.165, 1.54) is 7.11 Å². The van der Waals surface area contributed by atoms with Crippen molar-refractivity contribution in [3.8, 4) is 0 Å². The fraction of sp³-hybridized carbons (Fsp3) is 0.562. The summed E-state index contributed by atoms with van der Waals surface area (Å²) in [6, 6.07) is 0. The van der Waals surface area contributed by atoms with Gasteiger partial charge in [0.25, 0.3) is 0 Å². The van der Waals surface area contributed by atoms with E-state index in [9.17, 15) is 4.79 Å². The highest BCUT2D eigenvalue weighted by molar-refractivity contribution is 5.92. The van der Waals surface area contributed by atoms with E-state index in [1.54, 1.807) is 6.08 Å². The van der Waals surface area contributed by atoms with Crippen LogP contribution in [0.15, 0.2) is 35.5 Å². The van der Waals surface area contributed by atoms with Crippen molar-refractivity contribution in [1.82, 2.24) is 5.32 Å². The van der Waals surface area contributed by atoms with E-state index < -0.39 is 0 Å². The minimum atomic E-state index is -0.327. The fourth-order valence-corrected chi connectivity index (χ4v) is 2.10. The molecule has 0 aromatic rings. The summed E-state index contributed by atoms with van der Waals surface area (Å²) in [5.74, 6) is -0.327. The lowest BCUT2D eigenvalue weighted by Crippen LogP contribution is -2.27. The molecule has 1 saturated heterocycles. The summed E-state index contributed by atoms with van der Waals surface area (Å²) in [4.78, 5) is 11.8. The fourth-order valence-electron chi connectivity index (χ4n) is 2.10. The molecule has 0 aromatic heterocycles. The third-order valence-electron chi connectivity index (χ3n) is 3.05. The van der Waals surface area contributed by atoms with Gasteiger partial charge in [-0.1, -0.05) is 25.2 Å². The van der Waals surface area contributed by atoms with Crippen LogP contribution in [0, 0.1) is 0 Å². The topological polar surface area (TPSA) is 47.6 Å². The van der Waals surface area contributed by atoms with E-state index in [1.807, 2.05) is 19.1 Å². The molecule has 0 saturated carbocycles. The van der Waals surface area contributed by atoms with Gasteiger partial charge in [0.2, 0.25) is 0 Å². The summed E-state index contributed by atoms with van der Waals surface area (Å²) in [5.41, 5.74) is 1.57. The van der Waals surface area contributed by atoms with Crippen LogP contribution in [0.4, 0.5) is 0 Å². The molecule has 0 radical (unpaired) electrons. The van der Waals surface area contributed by atoms with Crippen LogP contribution in [-0.2, 0) is 14.3 Å². The van der Waals surface area contributed by atoms with Gasteiger partial charge >= 0.3 is 5.97 Å². The van der Waals surface area contributed by atoms with E-state index in [4.69, 9.17) is 9.47 Å². The monoisotopic (exact) mass is 279 g/mol. The molecule has 1 fully saturated rings. The Balaban J connectivity index is 2.98. The minimum absolute atomic E-state index is 0.0117. The van der Waals surface area contributed by atoms with Crippen LogP contribution >= 0.6 is 0 Å². The highest BCUT2D eigenvalue weighted by atomic mass is 16.5. The molecule has 1 aliphatic heterocycles. The Bertz CT molecular complexity index is 389. The second kappa shape index (κ2) is 9.50. The number of hydrogen-bond acceptors (Lipinski definition) is 4. The van der Waals surface area contributed by atoms with E-state index in [2.05, 4.69) is 18.3 Å². The molecule has 1 heterocycles. The van der Waals surface area contributed by atoms with Crippen LogP contribution in [0.5, 0.6) is 0 Å². The number of ether oxygens (including phenoxy) is 2. The Morgan fingerprint density at radius 1 is 1.50 bits per heavy atom. The SMILES string of the molecule is C\C=C/C(=C\C(=C\CC)C1CNCCCO1)C(=O)OC. The first kappa shape index (κ1) is 16.7. The largest absolute Gasteiger partial charge is 0.465 e. The van der Waals surface area contributed by atoms with Crippen molar-refractivity contribution in [2.24, 2.45) is 0 Å². The van der Waals surface area contributed by atoms with Crippen molar-refractivity contribution < 1.29 is 14.3 Å². The maximum absolute atomic E-state index is 11.8. The third-order valence-corrected chi connectivity index (χ3v) is 3.05. The maximum Gasteiger partial charge on any atom is 0.337 e. The molecule has 0 amide bonds. The van der Waals surface area contributed by atoms with Gasteiger partial charge < -0.3 is 14.8 Å². The molecule has 0 aromatic carbocycles. The number of carbonyl (C=O) groups excluding carboxylic acids is 1. The molecule has 4 nitrogen and oxygen atoms in total. The number of nitrogens with one attached hydrogen (secondary N) is 1. The van der Waals surface area contributed by atoms with E-state index in [-0.39, 0.29) is 12.1 Å². The van der Waals surface area contributed by atoms with Crippen LogP contribution in [-0.4, -0.2) is 38.9 Å². The summed E-state index contributed by atoms with van der Waals surface area (Å²) < 4.78 is 10.7. The Labute approximate surface area is 121 Å². The molecular formula is C16H25NO3. The molecule has 4 heteroatoms. The molecule has 0 bridgehead atoms. The standard InChI is InChI=1S/C16H25NO3/c1-4-7-13(15-12-17-9-6-10-20-15)11-14(8-5-2)16(18)19-3/h5,7-8,11,15,17H,4,6,9-10,12H2,1-3H3/b8-5-,13-7-,14-11+. The zero-order valence-electron chi connectivity index (χ0n) is 12.6. The van der Waals surface area contributed by atoms with Gasteiger partial charge in [0.15, 0.2) is 0 Å². The first-order chi connectivity index (χ1) is 9.72. The quantitative estimate of drug-likeness (QED) is 0.477.